The van der Waals surface area contributed by atoms with E-state index in [4.69, 9.17) is 0 Å². The summed E-state index contributed by atoms with van der Waals surface area (Å²) in [5, 5.41) is 3.21. The second-order valence-corrected chi connectivity index (χ2v) is 5.28. The Bertz CT molecular complexity index is 143. The van der Waals surface area contributed by atoms with Crippen LogP contribution in [0, 0.1) is 5.92 Å². The first-order valence-corrected chi connectivity index (χ1v) is 6.39. The third-order valence-corrected chi connectivity index (χ3v) is 2.85. The lowest BCUT2D eigenvalue weighted by atomic mass is 10.1. The Balaban J connectivity index is 3.99. The number of nitrogens with one attached hydrogen (secondary N) is 1. The van der Waals surface area contributed by atoms with Crippen LogP contribution in [0.1, 0.15) is 47.5 Å². The summed E-state index contributed by atoms with van der Waals surface area (Å²) in [5.41, 5.74) is 0. The van der Waals surface area contributed by atoms with Crippen molar-refractivity contribution < 1.29 is 0 Å². The predicted molar refractivity (Wildman–Crippen MR) is 69.3 cm³/mol. The van der Waals surface area contributed by atoms with E-state index in [0.29, 0.717) is 12.1 Å². The van der Waals surface area contributed by atoms with E-state index in [1.54, 1.807) is 0 Å². The van der Waals surface area contributed by atoms with Gasteiger partial charge in [-0.3, -0.25) is 4.90 Å². The lowest BCUT2D eigenvalue weighted by molar-refractivity contribution is 0.137. The first-order chi connectivity index (χ1) is 6.99. The highest BCUT2D eigenvalue weighted by molar-refractivity contribution is 4.72. The quantitative estimate of drug-likeness (QED) is 0.625. The Morgan fingerprint density at radius 2 is 1.67 bits per heavy atom. The van der Waals surface area contributed by atoms with Gasteiger partial charge in [-0.05, 0) is 53.1 Å². The first-order valence-electron chi connectivity index (χ1n) is 6.39. The van der Waals surface area contributed by atoms with E-state index < -0.39 is 0 Å². The van der Waals surface area contributed by atoms with Crippen LogP contribution in [0.15, 0.2) is 0 Å². The molecular weight excluding hydrogens is 184 g/mol. The summed E-state index contributed by atoms with van der Waals surface area (Å²) >= 11 is 0. The van der Waals surface area contributed by atoms with Crippen LogP contribution in [-0.2, 0) is 0 Å². The Morgan fingerprint density at radius 1 is 1.07 bits per heavy atom. The smallest absolute Gasteiger partial charge is 0.00702 e. The molecule has 0 aromatic rings. The Hall–Kier alpha value is -0.0800. The molecule has 0 heterocycles. The molecule has 0 aromatic carbocycles. The van der Waals surface area contributed by atoms with Crippen LogP contribution in [0.2, 0.25) is 0 Å². The number of hydrogen-bond acceptors (Lipinski definition) is 2. The summed E-state index contributed by atoms with van der Waals surface area (Å²) in [6.07, 6.45) is 2.57. The van der Waals surface area contributed by atoms with E-state index >= 15 is 0 Å². The highest BCUT2D eigenvalue weighted by Crippen LogP contribution is 2.13. The van der Waals surface area contributed by atoms with Crippen molar-refractivity contribution >= 4 is 0 Å². The summed E-state index contributed by atoms with van der Waals surface area (Å²) < 4.78 is 0. The number of rotatable bonds is 8. The Kier molecular flexibility index (Phi) is 8.07. The van der Waals surface area contributed by atoms with E-state index in [1.165, 1.54) is 19.4 Å². The van der Waals surface area contributed by atoms with E-state index in [9.17, 15) is 0 Å². The van der Waals surface area contributed by atoms with Gasteiger partial charge >= 0.3 is 0 Å². The van der Waals surface area contributed by atoms with Crippen molar-refractivity contribution in [2.24, 2.45) is 5.92 Å². The van der Waals surface area contributed by atoms with Crippen LogP contribution in [0.5, 0.6) is 0 Å². The molecule has 0 radical (unpaired) electrons. The topological polar surface area (TPSA) is 15.3 Å². The first kappa shape index (κ1) is 14.9. The monoisotopic (exact) mass is 214 g/mol. The van der Waals surface area contributed by atoms with E-state index in [1.807, 2.05) is 7.05 Å². The summed E-state index contributed by atoms with van der Waals surface area (Å²) in [4.78, 5) is 2.63. The molecule has 0 aromatic heterocycles. The second kappa shape index (κ2) is 8.12. The Labute approximate surface area is 96.4 Å². The average molecular weight is 214 g/mol. The molecule has 0 rings (SSSR count). The molecule has 0 saturated carbocycles. The van der Waals surface area contributed by atoms with Crippen molar-refractivity contribution in [1.29, 1.82) is 0 Å². The van der Waals surface area contributed by atoms with Gasteiger partial charge in [-0.15, -0.1) is 0 Å². The fourth-order valence-electron chi connectivity index (χ4n) is 2.06. The van der Waals surface area contributed by atoms with Crippen LogP contribution in [0.3, 0.4) is 0 Å². The van der Waals surface area contributed by atoms with Gasteiger partial charge in [0.1, 0.15) is 0 Å². The van der Waals surface area contributed by atoms with Crippen LogP contribution in [-0.4, -0.2) is 37.1 Å². The van der Waals surface area contributed by atoms with Crippen molar-refractivity contribution in [3.8, 4) is 0 Å². The van der Waals surface area contributed by atoms with Crippen LogP contribution in [0.25, 0.3) is 0 Å². The van der Waals surface area contributed by atoms with Gasteiger partial charge in [-0.2, -0.15) is 0 Å². The average Bonchev–Trinajstić information content (AvgIpc) is 2.13. The molecule has 0 amide bonds. The molecule has 0 spiro atoms. The maximum Gasteiger partial charge on any atom is 0.00702 e. The van der Waals surface area contributed by atoms with Gasteiger partial charge in [0.05, 0.1) is 0 Å². The zero-order valence-corrected chi connectivity index (χ0v) is 11.5. The summed E-state index contributed by atoms with van der Waals surface area (Å²) in [6, 6.07) is 1.37. The standard InChI is InChI=1S/C13H30N2/c1-11(2)10-15(12(3)4)13(5)8-7-9-14-6/h11-14H,7-10H2,1-6H3. The van der Waals surface area contributed by atoms with Gasteiger partial charge in [-0.25, -0.2) is 0 Å². The molecule has 0 aliphatic rings. The lowest BCUT2D eigenvalue weighted by Crippen LogP contribution is -2.41. The molecule has 0 bridgehead atoms. The van der Waals surface area contributed by atoms with Crippen LogP contribution < -0.4 is 5.32 Å². The summed E-state index contributed by atoms with van der Waals surface area (Å²) in [7, 11) is 2.03. The third-order valence-electron chi connectivity index (χ3n) is 2.85. The van der Waals surface area contributed by atoms with Gasteiger partial charge in [0.25, 0.3) is 0 Å². The molecule has 0 fully saturated rings. The second-order valence-electron chi connectivity index (χ2n) is 5.28. The van der Waals surface area contributed by atoms with Gasteiger partial charge in [-0.1, -0.05) is 13.8 Å². The molecule has 0 saturated heterocycles. The van der Waals surface area contributed by atoms with Crippen molar-refractivity contribution in [2.45, 2.75) is 59.5 Å². The molecule has 1 unspecified atom stereocenters. The van der Waals surface area contributed by atoms with Gasteiger partial charge < -0.3 is 5.32 Å². The van der Waals surface area contributed by atoms with Crippen molar-refractivity contribution in [2.75, 3.05) is 20.1 Å². The molecule has 0 aliphatic heterocycles. The third kappa shape index (κ3) is 6.91. The van der Waals surface area contributed by atoms with Gasteiger partial charge in [0, 0.05) is 18.6 Å². The van der Waals surface area contributed by atoms with E-state index in [2.05, 4.69) is 44.8 Å². The maximum absolute atomic E-state index is 3.21. The van der Waals surface area contributed by atoms with Crippen molar-refractivity contribution in [3.63, 3.8) is 0 Å². The fraction of sp³-hybridized carbons (Fsp3) is 1.00. The molecule has 1 N–H and O–H groups in total. The van der Waals surface area contributed by atoms with Gasteiger partial charge in [0.2, 0.25) is 0 Å². The number of hydrogen-bond donors (Lipinski definition) is 1. The molecular formula is C13H30N2. The molecule has 1 atom stereocenters. The minimum Gasteiger partial charge on any atom is -0.320 e. The van der Waals surface area contributed by atoms with E-state index in [0.717, 1.165) is 12.5 Å². The minimum absolute atomic E-state index is 0.664. The van der Waals surface area contributed by atoms with Crippen molar-refractivity contribution in [1.82, 2.24) is 10.2 Å². The lowest BCUT2D eigenvalue weighted by Gasteiger charge is -2.34. The summed E-state index contributed by atoms with van der Waals surface area (Å²) in [6.45, 7) is 13.9. The zero-order valence-electron chi connectivity index (χ0n) is 11.5. The minimum atomic E-state index is 0.664. The molecule has 2 heteroatoms. The summed E-state index contributed by atoms with van der Waals surface area (Å²) in [5.74, 6) is 0.763. The predicted octanol–water partition coefficient (Wildman–Crippen LogP) is 2.74. The highest BCUT2D eigenvalue weighted by Gasteiger charge is 2.17. The van der Waals surface area contributed by atoms with E-state index in [-0.39, 0.29) is 0 Å². The van der Waals surface area contributed by atoms with Crippen LogP contribution in [0.4, 0.5) is 0 Å². The zero-order chi connectivity index (χ0) is 11.8. The molecule has 0 aliphatic carbocycles. The largest absolute Gasteiger partial charge is 0.320 e. The number of nitrogens with zero attached hydrogens (tertiary/aromatic N) is 1. The Morgan fingerprint density at radius 3 is 2.07 bits per heavy atom. The molecule has 2 nitrogen and oxygen atoms in total. The van der Waals surface area contributed by atoms with Gasteiger partial charge in [0.15, 0.2) is 0 Å². The van der Waals surface area contributed by atoms with Crippen LogP contribution >= 0.6 is 0 Å². The maximum atomic E-state index is 3.21. The highest BCUT2D eigenvalue weighted by atomic mass is 15.2. The molecule has 92 valence electrons. The van der Waals surface area contributed by atoms with Crippen molar-refractivity contribution in [3.05, 3.63) is 0 Å². The fourth-order valence-corrected chi connectivity index (χ4v) is 2.06. The normalized spacial score (nSPS) is 14.2. The SMILES string of the molecule is CNCCCC(C)N(CC(C)C)C(C)C. The molecule has 15 heavy (non-hydrogen) atoms.